The Kier molecular flexibility index (Phi) is 5.30. The smallest absolute Gasteiger partial charge is 0.317 e. The predicted molar refractivity (Wildman–Crippen MR) is 92.8 cm³/mol. The van der Waals surface area contributed by atoms with Crippen LogP contribution in [-0.4, -0.2) is 46.9 Å². The van der Waals surface area contributed by atoms with Crippen molar-refractivity contribution in [2.24, 2.45) is 12.5 Å². The number of hydrogen-bond donors (Lipinski definition) is 1. The average Bonchev–Trinajstić information content (AvgIpc) is 3.28. The lowest BCUT2D eigenvalue weighted by Crippen LogP contribution is -2.48. The van der Waals surface area contributed by atoms with Gasteiger partial charge in [-0.2, -0.15) is 5.10 Å². The van der Waals surface area contributed by atoms with Gasteiger partial charge in [0, 0.05) is 31.9 Å². The molecule has 1 N–H and O–H groups in total. The summed E-state index contributed by atoms with van der Waals surface area (Å²) >= 11 is 0. The number of nitrogens with one attached hydrogen (secondary N) is 1. The first kappa shape index (κ1) is 17.8. The second kappa shape index (κ2) is 7.45. The third-order valence-electron chi connectivity index (χ3n) is 5.63. The fourth-order valence-electron chi connectivity index (χ4n) is 4.21. The maximum Gasteiger partial charge on any atom is 0.317 e. The largest absolute Gasteiger partial charge is 0.469 e. The molecule has 138 valence electrons. The number of aryl methyl sites for hydroxylation is 1. The summed E-state index contributed by atoms with van der Waals surface area (Å²) in [6, 6.07) is -0.0330. The SMILES string of the molecule is COC(=O)C1(CNC(=O)N2CCCC2c2cnn(C)c2)CCCCC1. The van der Waals surface area contributed by atoms with E-state index in [2.05, 4.69) is 10.4 Å². The van der Waals surface area contributed by atoms with Crippen molar-refractivity contribution in [3.63, 3.8) is 0 Å². The van der Waals surface area contributed by atoms with Crippen LogP contribution < -0.4 is 5.32 Å². The molecule has 0 radical (unpaired) electrons. The second-order valence-electron chi connectivity index (χ2n) is 7.29. The van der Waals surface area contributed by atoms with Gasteiger partial charge in [-0.3, -0.25) is 9.48 Å². The molecular formula is C18H28N4O3. The van der Waals surface area contributed by atoms with Crippen molar-refractivity contribution in [2.75, 3.05) is 20.2 Å². The molecule has 0 bridgehead atoms. The topological polar surface area (TPSA) is 76.5 Å². The Morgan fingerprint density at radius 3 is 2.72 bits per heavy atom. The number of rotatable bonds is 4. The van der Waals surface area contributed by atoms with Gasteiger partial charge in [0.2, 0.25) is 0 Å². The van der Waals surface area contributed by atoms with E-state index in [1.54, 1.807) is 4.68 Å². The molecule has 1 saturated carbocycles. The number of ether oxygens (including phenoxy) is 1. The molecule has 1 atom stereocenters. The minimum Gasteiger partial charge on any atom is -0.469 e. The molecule has 2 amide bonds. The van der Waals surface area contributed by atoms with E-state index < -0.39 is 5.41 Å². The van der Waals surface area contributed by atoms with Gasteiger partial charge in [0.05, 0.1) is 24.8 Å². The molecule has 0 aromatic carbocycles. The number of aromatic nitrogens is 2. The summed E-state index contributed by atoms with van der Waals surface area (Å²) in [4.78, 5) is 26.9. The number of amides is 2. The maximum absolute atomic E-state index is 12.8. The van der Waals surface area contributed by atoms with Crippen LogP contribution >= 0.6 is 0 Å². The highest BCUT2D eigenvalue weighted by Crippen LogP contribution is 2.37. The third kappa shape index (κ3) is 3.65. The number of hydrogen-bond acceptors (Lipinski definition) is 4. The standard InChI is InChI=1S/C18H28N4O3/c1-21-12-14(11-20-21)15-7-6-10-22(15)17(24)19-13-18(16(23)25-2)8-4-3-5-9-18/h11-12,15H,3-10,13H2,1-2H3,(H,19,24). The van der Waals surface area contributed by atoms with E-state index in [-0.39, 0.29) is 18.0 Å². The van der Waals surface area contributed by atoms with Crippen LogP contribution in [0, 0.1) is 5.41 Å². The minimum absolute atomic E-state index is 0.0640. The third-order valence-corrected chi connectivity index (χ3v) is 5.63. The fourth-order valence-corrected chi connectivity index (χ4v) is 4.21. The van der Waals surface area contributed by atoms with E-state index in [9.17, 15) is 9.59 Å². The first-order valence-corrected chi connectivity index (χ1v) is 9.17. The van der Waals surface area contributed by atoms with E-state index in [0.29, 0.717) is 6.54 Å². The lowest BCUT2D eigenvalue weighted by molar-refractivity contribution is -0.154. The number of nitrogens with zero attached hydrogens (tertiary/aromatic N) is 3. The Hall–Kier alpha value is -2.05. The van der Waals surface area contributed by atoms with Gasteiger partial charge in [0.25, 0.3) is 0 Å². The predicted octanol–water partition coefficient (Wildman–Crippen LogP) is 2.39. The molecular weight excluding hydrogens is 320 g/mol. The van der Waals surface area contributed by atoms with E-state index in [4.69, 9.17) is 4.74 Å². The molecule has 1 aliphatic heterocycles. The lowest BCUT2D eigenvalue weighted by Gasteiger charge is -2.35. The molecule has 2 aliphatic rings. The van der Waals surface area contributed by atoms with Gasteiger partial charge in [-0.25, -0.2) is 4.79 Å². The van der Waals surface area contributed by atoms with Crippen molar-refractivity contribution < 1.29 is 14.3 Å². The quantitative estimate of drug-likeness (QED) is 0.848. The first-order chi connectivity index (χ1) is 12.1. The summed E-state index contributed by atoms with van der Waals surface area (Å²) < 4.78 is 6.79. The summed E-state index contributed by atoms with van der Waals surface area (Å²) in [6.45, 7) is 1.09. The van der Waals surface area contributed by atoms with Crippen LogP contribution in [0.3, 0.4) is 0 Å². The van der Waals surface area contributed by atoms with Gasteiger partial charge >= 0.3 is 12.0 Å². The van der Waals surface area contributed by atoms with Crippen LogP contribution in [-0.2, 0) is 16.6 Å². The number of methoxy groups -OCH3 is 1. The molecule has 1 aliphatic carbocycles. The molecule has 7 nitrogen and oxygen atoms in total. The van der Waals surface area contributed by atoms with Crippen LogP contribution in [0.15, 0.2) is 12.4 Å². The second-order valence-corrected chi connectivity index (χ2v) is 7.29. The van der Waals surface area contributed by atoms with Gasteiger partial charge < -0.3 is 15.0 Å². The highest BCUT2D eigenvalue weighted by Gasteiger charge is 2.41. The van der Waals surface area contributed by atoms with Crippen LogP contribution in [0.25, 0.3) is 0 Å². The zero-order chi connectivity index (χ0) is 17.9. The average molecular weight is 348 g/mol. The van der Waals surface area contributed by atoms with Crippen molar-refractivity contribution in [3.8, 4) is 0 Å². The van der Waals surface area contributed by atoms with Crippen LogP contribution in [0.4, 0.5) is 4.79 Å². The van der Waals surface area contributed by atoms with Crippen molar-refractivity contribution in [1.29, 1.82) is 0 Å². The molecule has 7 heteroatoms. The van der Waals surface area contributed by atoms with Gasteiger partial charge in [-0.05, 0) is 25.7 Å². The zero-order valence-corrected chi connectivity index (χ0v) is 15.2. The Balaban J connectivity index is 1.65. The number of urea groups is 1. The molecule has 1 saturated heterocycles. The van der Waals surface area contributed by atoms with Gasteiger partial charge in [-0.1, -0.05) is 19.3 Å². The Labute approximate surface area is 148 Å². The highest BCUT2D eigenvalue weighted by atomic mass is 16.5. The summed E-state index contributed by atoms with van der Waals surface area (Å²) in [5.74, 6) is -0.197. The summed E-state index contributed by atoms with van der Waals surface area (Å²) in [7, 11) is 3.31. The van der Waals surface area contributed by atoms with Crippen molar-refractivity contribution in [2.45, 2.75) is 51.0 Å². The number of carbonyl (C=O) groups is 2. The van der Waals surface area contributed by atoms with Crippen molar-refractivity contribution in [3.05, 3.63) is 18.0 Å². The maximum atomic E-state index is 12.8. The summed E-state index contributed by atoms with van der Waals surface area (Å²) in [5, 5.41) is 7.23. The van der Waals surface area contributed by atoms with E-state index in [1.807, 2.05) is 24.3 Å². The summed E-state index contributed by atoms with van der Waals surface area (Å²) in [6.07, 6.45) is 10.4. The molecule has 1 unspecified atom stereocenters. The minimum atomic E-state index is -0.563. The van der Waals surface area contributed by atoms with E-state index in [0.717, 1.165) is 57.1 Å². The van der Waals surface area contributed by atoms with Gasteiger partial charge in [0.1, 0.15) is 0 Å². The first-order valence-electron chi connectivity index (χ1n) is 9.17. The van der Waals surface area contributed by atoms with Crippen LogP contribution in [0.2, 0.25) is 0 Å². The monoisotopic (exact) mass is 348 g/mol. The number of esters is 1. The van der Waals surface area contributed by atoms with Crippen LogP contribution in [0.1, 0.15) is 56.6 Å². The molecule has 1 aromatic heterocycles. The van der Waals surface area contributed by atoms with Gasteiger partial charge in [0.15, 0.2) is 0 Å². The van der Waals surface area contributed by atoms with Crippen molar-refractivity contribution >= 4 is 12.0 Å². The number of likely N-dealkylation sites (tertiary alicyclic amines) is 1. The molecule has 3 rings (SSSR count). The molecule has 0 spiro atoms. The molecule has 1 aromatic rings. The molecule has 2 heterocycles. The Morgan fingerprint density at radius 1 is 1.32 bits per heavy atom. The molecule has 2 fully saturated rings. The zero-order valence-electron chi connectivity index (χ0n) is 15.2. The van der Waals surface area contributed by atoms with Crippen LogP contribution in [0.5, 0.6) is 0 Å². The Morgan fingerprint density at radius 2 is 2.08 bits per heavy atom. The number of carbonyl (C=O) groups excluding carboxylic acids is 2. The van der Waals surface area contributed by atoms with Crippen molar-refractivity contribution in [1.82, 2.24) is 20.0 Å². The van der Waals surface area contributed by atoms with E-state index >= 15 is 0 Å². The lowest BCUT2D eigenvalue weighted by atomic mass is 9.74. The fraction of sp³-hybridized carbons (Fsp3) is 0.722. The Bertz CT molecular complexity index is 622. The normalized spacial score (nSPS) is 22.6. The van der Waals surface area contributed by atoms with E-state index in [1.165, 1.54) is 7.11 Å². The summed E-state index contributed by atoms with van der Waals surface area (Å²) in [5.41, 5.74) is 0.502. The molecule has 25 heavy (non-hydrogen) atoms. The van der Waals surface area contributed by atoms with Gasteiger partial charge in [-0.15, -0.1) is 0 Å². The highest BCUT2D eigenvalue weighted by molar-refractivity contribution is 5.79.